The molecule has 0 spiro atoms. The minimum Gasteiger partial charge on any atom is -0.478 e. The Balaban J connectivity index is 3.34. The molecule has 1 aromatic rings. The van der Waals surface area contributed by atoms with Gasteiger partial charge in [-0.1, -0.05) is 6.07 Å². The zero-order valence-corrected chi connectivity index (χ0v) is 10.2. The zero-order valence-electron chi connectivity index (χ0n) is 10.2. The van der Waals surface area contributed by atoms with Crippen LogP contribution in [0.3, 0.4) is 0 Å². The van der Waals surface area contributed by atoms with Gasteiger partial charge in [-0.05, 0) is 26.0 Å². The van der Waals surface area contributed by atoms with Crippen molar-refractivity contribution < 1.29 is 19.1 Å². The van der Waals surface area contributed by atoms with Crippen molar-refractivity contribution in [3.8, 4) is 0 Å². The minimum absolute atomic E-state index is 0.112. The quantitative estimate of drug-likeness (QED) is 0.827. The molecule has 0 aliphatic rings. The van der Waals surface area contributed by atoms with Gasteiger partial charge in [0.2, 0.25) is 5.91 Å². The first-order valence-corrected chi connectivity index (χ1v) is 5.41. The van der Waals surface area contributed by atoms with Crippen LogP contribution in [0.5, 0.6) is 0 Å². The number of aromatic carboxylic acids is 1. The van der Waals surface area contributed by atoms with Crippen molar-refractivity contribution in [1.29, 1.82) is 0 Å². The highest BCUT2D eigenvalue weighted by molar-refractivity contribution is 5.95. The fourth-order valence-electron chi connectivity index (χ4n) is 1.67. The van der Waals surface area contributed by atoms with Crippen molar-refractivity contribution in [2.24, 2.45) is 5.73 Å². The first-order chi connectivity index (χ1) is 8.34. The molecule has 0 unspecified atom stereocenters. The third kappa shape index (κ3) is 2.97. The number of carbonyl (C=O) groups excluding carboxylic acids is 1. The van der Waals surface area contributed by atoms with Crippen molar-refractivity contribution in [3.63, 3.8) is 0 Å². The van der Waals surface area contributed by atoms with Crippen molar-refractivity contribution in [2.45, 2.75) is 19.9 Å². The largest absolute Gasteiger partial charge is 0.478 e. The molecule has 0 heterocycles. The lowest BCUT2D eigenvalue weighted by Crippen LogP contribution is -2.40. The monoisotopic (exact) mass is 254 g/mol. The summed E-state index contributed by atoms with van der Waals surface area (Å²) in [5.74, 6) is -2.59. The summed E-state index contributed by atoms with van der Waals surface area (Å²) in [6.07, 6.45) is 0. The van der Waals surface area contributed by atoms with Gasteiger partial charge in [0.15, 0.2) is 0 Å². The summed E-state index contributed by atoms with van der Waals surface area (Å²) in [4.78, 5) is 23.4. The Hall–Kier alpha value is -2.11. The van der Waals surface area contributed by atoms with Gasteiger partial charge >= 0.3 is 5.97 Å². The maximum Gasteiger partial charge on any atom is 0.337 e. The van der Waals surface area contributed by atoms with Crippen LogP contribution in [0.15, 0.2) is 18.2 Å². The van der Waals surface area contributed by atoms with E-state index in [2.05, 4.69) is 0 Å². The Morgan fingerprint density at radius 1 is 1.44 bits per heavy atom. The van der Waals surface area contributed by atoms with Crippen LogP contribution in [0.2, 0.25) is 0 Å². The van der Waals surface area contributed by atoms with E-state index < -0.39 is 17.7 Å². The first-order valence-electron chi connectivity index (χ1n) is 5.41. The molecule has 0 bridgehead atoms. The third-order valence-corrected chi connectivity index (χ3v) is 2.45. The number of primary amides is 1. The number of benzene rings is 1. The number of anilines is 1. The van der Waals surface area contributed by atoms with Crippen LogP contribution in [0, 0.1) is 5.82 Å². The number of rotatable bonds is 5. The SMILES string of the molecule is CC(C)N(CC(N)=O)c1c(F)cccc1C(=O)O. The number of carboxylic acids is 1. The second kappa shape index (κ2) is 5.48. The summed E-state index contributed by atoms with van der Waals surface area (Å²) in [7, 11) is 0. The summed E-state index contributed by atoms with van der Waals surface area (Å²) < 4.78 is 13.8. The van der Waals surface area contributed by atoms with Gasteiger partial charge in [-0.15, -0.1) is 0 Å². The molecule has 0 saturated heterocycles. The number of amides is 1. The van der Waals surface area contributed by atoms with E-state index in [9.17, 15) is 14.0 Å². The van der Waals surface area contributed by atoms with E-state index in [1.54, 1.807) is 13.8 Å². The fourth-order valence-corrected chi connectivity index (χ4v) is 1.67. The Labute approximate surface area is 104 Å². The second-order valence-electron chi connectivity index (χ2n) is 4.13. The molecule has 98 valence electrons. The van der Waals surface area contributed by atoms with E-state index in [-0.39, 0.29) is 23.8 Å². The average Bonchev–Trinajstić information content (AvgIpc) is 2.25. The zero-order chi connectivity index (χ0) is 13.9. The number of nitrogens with zero attached hydrogens (tertiary/aromatic N) is 1. The number of para-hydroxylation sites is 1. The predicted octanol–water partition coefficient (Wildman–Crippen LogP) is 1.22. The van der Waals surface area contributed by atoms with E-state index >= 15 is 0 Å². The average molecular weight is 254 g/mol. The van der Waals surface area contributed by atoms with E-state index in [1.807, 2.05) is 0 Å². The topological polar surface area (TPSA) is 83.6 Å². The maximum absolute atomic E-state index is 13.8. The van der Waals surface area contributed by atoms with Gasteiger partial charge in [-0.3, -0.25) is 4.79 Å². The van der Waals surface area contributed by atoms with Crippen molar-refractivity contribution in [1.82, 2.24) is 0 Å². The molecule has 0 radical (unpaired) electrons. The van der Waals surface area contributed by atoms with Crippen LogP contribution in [-0.4, -0.2) is 29.6 Å². The molecule has 1 amide bonds. The van der Waals surface area contributed by atoms with Crippen molar-refractivity contribution in [2.75, 3.05) is 11.4 Å². The van der Waals surface area contributed by atoms with Gasteiger partial charge in [0.25, 0.3) is 0 Å². The molecule has 0 aliphatic carbocycles. The molecular formula is C12H15FN2O3. The number of carboxylic acid groups (broad SMARTS) is 1. The highest BCUT2D eigenvalue weighted by Gasteiger charge is 2.23. The fraction of sp³-hybridized carbons (Fsp3) is 0.333. The Kier molecular flexibility index (Phi) is 4.25. The van der Waals surface area contributed by atoms with Gasteiger partial charge < -0.3 is 15.7 Å². The molecule has 0 aliphatic heterocycles. The molecular weight excluding hydrogens is 239 g/mol. The van der Waals surface area contributed by atoms with E-state index in [0.717, 1.165) is 6.07 Å². The second-order valence-corrected chi connectivity index (χ2v) is 4.13. The number of hydrogen-bond donors (Lipinski definition) is 2. The molecule has 1 aromatic carbocycles. The van der Waals surface area contributed by atoms with Gasteiger partial charge in [-0.2, -0.15) is 0 Å². The summed E-state index contributed by atoms with van der Waals surface area (Å²) in [5, 5.41) is 9.05. The summed E-state index contributed by atoms with van der Waals surface area (Å²) >= 11 is 0. The number of hydrogen-bond acceptors (Lipinski definition) is 3. The van der Waals surface area contributed by atoms with Gasteiger partial charge in [0.05, 0.1) is 17.8 Å². The summed E-state index contributed by atoms with van der Waals surface area (Å²) in [5.41, 5.74) is 4.79. The molecule has 0 saturated carbocycles. The number of halogens is 1. The van der Waals surface area contributed by atoms with Crippen LogP contribution in [-0.2, 0) is 4.79 Å². The normalized spacial score (nSPS) is 10.4. The highest BCUT2D eigenvalue weighted by atomic mass is 19.1. The molecule has 1 rings (SSSR count). The van der Waals surface area contributed by atoms with Gasteiger partial charge in [-0.25, -0.2) is 9.18 Å². The molecule has 0 atom stereocenters. The lowest BCUT2D eigenvalue weighted by Gasteiger charge is -2.29. The number of carbonyl (C=O) groups is 2. The summed E-state index contributed by atoms with van der Waals surface area (Å²) in [6.45, 7) is 3.21. The minimum atomic E-state index is -1.25. The van der Waals surface area contributed by atoms with Crippen molar-refractivity contribution in [3.05, 3.63) is 29.6 Å². The van der Waals surface area contributed by atoms with E-state index in [4.69, 9.17) is 10.8 Å². The number of nitrogens with two attached hydrogens (primary N) is 1. The standard InChI is InChI=1S/C12H15FN2O3/c1-7(2)15(6-10(14)16)11-8(12(17)18)4-3-5-9(11)13/h3-5,7H,6H2,1-2H3,(H2,14,16)(H,17,18). The maximum atomic E-state index is 13.8. The first kappa shape index (κ1) is 14.0. The van der Waals surface area contributed by atoms with Gasteiger partial charge in [0, 0.05) is 6.04 Å². The third-order valence-electron chi connectivity index (χ3n) is 2.45. The lowest BCUT2D eigenvalue weighted by molar-refractivity contribution is -0.116. The molecule has 6 heteroatoms. The van der Waals surface area contributed by atoms with Crippen LogP contribution in [0.1, 0.15) is 24.2 Å². The highest BCUT2D eigenvalue weighted by Crippen LogP contribution is 2.26. The van der Waals surface area contributed by atoms with E-state index in [1.165, 1.54) is 17.0 Å². The van der Waals surface area contributed by atoms with Crippen LogP contribution < -0.4 is 10.6 Å². The molecule has 0 fully saturated rings. The molecule has 5 nitrogen and oxygen atoms in total. The van der Waals surface area contributed by atoms with Gasteiger partial charge in [0.1, 0.15) is 5.82 Å². The Morgan fingerprint density at radius 3 is 2.50 bits per heavy atom. The van der Waals surface area contributed by atoms with Crippen LogP contribution >= 0.6 is 0 Å². The predicted molar refractivity (Wildman–Crippen MR) is 65.0 cm³/mol. The molecule has 3 N–H and O–H groups in total. The lowest BCUT2D eigenvalue weighted by atomic mass is 10.1. The smallest absolute Gasteiger partial charge is 0.337 e. The van der Waals surface area contributed by atoms with Crippen LogP contribution in [0.25, 0.3) is 0 Å². The molecule has 18 heavy (non-hydrogen) atoms. The van der Waals surface area contributed by atoms with Crippen molar-refractivity contribution >= 4 is 17.6 Å². The summed E-state index contributed by atoms with van der Waals surface area (Å²) in [6, 6.07) is 3.49. The Bertz CT molecular complexity index is 474. The van der Waals surface area contributed by atoms with E-state index in [0.29, 0.717) is 0 Å². The molecule has 0 aromatic heterocycles. The Morgan fingerprint density at radius 2 is 2.06 bits per heavy atom. The van der Waals surface area contributed by atoms with Crippen LogP contribution in [0.4, 0.5) is 10.1 Å².